The average Bonchev–Trinajstić information content (AvgIpc) is 2.03. The van der Waals surface area contributed by atoms with Crippen molar-refractivity contribution in [2.75, 3.05) is 0 Å². The van der Waals surface area contributed by atoms with Crippen molar-refractivity contribution >= 4 is 0 Å². The molecule has 0 aliphatic heterocycles. The molecule has 0 aromatic carbocycles. The lowest BCUT2D eigenvalue weighted by atomic mass is 10.0. The van der Waals surface area contributed by atoms with Crippen molar-refractivity contribution in [2.45, 2.75) is 12.1 Å². The molecule has 0 saturated carbocycles. The number of allylic oxidation sites excluding steroid dienone is 1. The van der Waals surface area contributed by atoms with E-state index in [4.69, 9.17) is 5.73 Å². The third-order valence-corrected chi connectivity index (χ3v) is 1.76. The fourth-order valence-electron chi connectivity index (χ4n) is 1.06. The Morgan fingerprint density at radius 2 is 1.92 bits per heavy atom. The van der Waals surface area contributed by atoms with Crippen LogP contribution in [0.3, 0.4) is 0 Å². The van der Waals surface area contributed by atoms with E-state index in [9.17, 15) is 20.2 Å². The highest BCUT2D eigenvalue weighted by Gasteiger charge is 2.54. The van der Waals surface area contributed by atoms with Crippen LogP contribution in [0.2, 0.25) is 0 Å². The average molecular weight is 185 g/mol. The molecule has 0 fully saturated rings. The highest BCUT2D eigenvalue weighted by molar-refractivity contribution is 5.23. The van der Waals surface area contributed by atoms with Crippen LogP contribution in [-0.4, -0.2) is 15.5 Å². The van der Waals surface area contributed by atoms with Gasteiger partial charge in [-0.15, -0.1) is 0 Å². The second-order valence-electron chi connectivity index (χ2n) is 2.64. The van der Waals surface area contributed by atoms with E-state index in [1.54, 1.807) is 0 Å². The maximum atomic E-state index is 10.5. The molecule has 0 saturated heterocycles. The van der Waals surface area contributed by atoms with Gasteiger partial charge < -0.3 is 5.73 Å². The van der Waals surface area contributed by atoms with Gasteiger partial charge in [-0.3, -0.25) is 20.2 Å². The summed E-state index contributed by atoms with van der Waals surface area (Å²) in [7, 11) is 0. The molecule has 0 atom stereocenters. The van der Waals surface area contributed by atoms with Crippen LogP contribution in [0, 0.1) is 20.2 Å². The predicted octanol–water partition coefficient (Wildman–Crippen LogP) is 0.0386. The van der Waals surface area contributed by atoms with Gasteiger partial charge in [0.25, 0.3) is 0 Å². The monoisotopic (exact) mass is 185 g/mol. The van der Waals surface area contributed by atoms with Gasteiger partial charge in [-0.2, -0.15) is 0 Å². The topological polar surface area (TPSA) is 112 Å². The Morgan fingerprint density at radius 1 is 1.38 bits per heavy atom. The number of nitro groups is 2. The highest BCUT2D eigenvalue weighted by atomic mass is 16.7. The second-order valence-corrected chi connectivity index (χ2v) is 2.64. The molecule has 0 radical (unpaired) electrons. The van der Waals surface area contributed by atoms with Crippen LogP contribution < -0.4 is 5.73 Å². The van der Waals surface area contributed by atoms with Crippen LogP contribution >= 0.6 is 0 Å². The van der Waals surface area contributed by atoms with Crippen molar-refractivity contribution in [2.24, 2.45) is 5.73 Å². The predicted molar refractivity (Wildman–Crippen MR) is 42.7 cm³/mol. The minimum absolute atomic E-state index is 0.0413. The summed E-state index contributed by atoms with van der Waals surface area (Å²) in [4.78, 5) is 19.1. The minimum Gasteiger partial charge on any atom is -0.399 e. The van der Waals surface area contributed by atoms with Gasteiger partial charge in [0.2, 0.25) is 0 Å². The molecule has 0 unspecified atom stereocenters. The fourth-order valence-corrected chi connectivity index (χ4v) is 1.06. The first-order valence-electron chi connectivity index (χ1n) is 3.43. The molecule has 0 bridgehead atoms. The first-order chi connectivity index (χ1) is 5.99. The summed E-state index contributed by atoms with van der Waals surface area (Å²) in [5.74, 6) is 0. The number of hydrogen-bond donors (Lipinski definition) is 1. The molecule has 1 rings (SSSR count). The Bertz CT molecular complexity index is 306. The number of nitrogens with zero attached hydrogens (tertiary/aromatic N) is 2. The lowest BCUT2D eigenvalue weighted by Gasteiger charge is -2.14. The Balaban J connectivity index is 3.15. The molecular formula is C6H7N3O4. The summed E-state index contributed by atoms with van der Waals surface area (Å²) in [6.45, 7) is 0. The van der Waals surface area contributed by atoms with Gasteiger partial charge >= 0.3 is 5.66 Å². The van der Waals surface area contributed by atoms with Gasteiger partial charge in [-0.05, 0) is 6.08 Å². The van der Waals surface area contributed by atoms with Crippen molar-refractivity contribution in [3.8, 4) is 0 Å². The number of nitrogens with two attached hydrogens (primary N) is 1. The third-order valence-electron chi connectivity index (χ3n) is 1.76. The molecule has 7 nitrogen and oxygen atoms in total. The lowest BCUT2D eigenvalue weighted by molar-refractivity contribution is -0.780. The van der Waals surface area contributed by atoms with Crippen LogP contribution in [0.15, 0.2) is 23.9 Å². The summed E-state index contributed by atoms with van der Waals surface area (Å²) in [5, 5.41) is 21.0. The van der Waals surface area contributed by atoms with Gasteiger partial charge in [0.15, 0.2) is 0 Å². The number of hydrogen-bond acceptors (Lipinski definition) is 5. The van der Waals surface area contributed by atoms with Gasteiger partial charge in [0, 0.05) is 5.70 Å². The molecule has 0 aromatic heterocycles. The maximum Gasteiger partial charge on any atom is 0.483 e. The normalized spacial score (nSPS) is 19.2. The molecule has 13 heavy (non-hydrogen) atoms. The van der Waals surface area contributed by atoms with Crippen LogP contribution in [0.25, 0.3) is 0 Å². The Kier molecular flexibility index (Phi) is 2.01. The Morgan fingerprint density at radius 3 is 2.23 bits per heavy atom. The first kappa shape index (κ1) is 9.17. The molecule has 70 valence electrons. The lowest BCUT2D eigenvalue weighted by Crippen LogP contribution is -2.45. The largest absolute Gasteiger partial charge is 0.483 e. The van der Waals surface area contributed by atoms with E-state index in [1.165, 1.54) is 12.2 Å². The third kappa shape index (κ3) is 1.35. The van der Waals surface area contributed by atoms with Crippen molar-refractivity contribution in [3.63, 3.8) is 0 Å². The second kappa shape index (κ2) is 2.85. The highest BCUT2D eigenvalue weighted by Crippen LogP contribution is 2.23. The van der Waals surface area contributed by atoms with Gasteiger partial charge in [0.1, 0.15) is 16.3 Å². The van der Waals surface area contributed by atoms with Crippen molar-refractivity contribution in [1.82, 2.24) is 0 Å². The Hall–Kier alpha value is -1.92. The summed E-state index contributed by atoms with van der Waals surface area (Å²) in [5.41, 5.74) is 3.01. The van der Waals surface area contributed by atoms with E-state index in [1.807, 2.05) is 0 Å². The zero-order chi connectivity index (χ0) is 10.1. The van der Waals surface area contributed by atoms with E-state index in [0.29, 0.717) is 0 Å². The molecular weight excluding hydrogens is 178 g/mol. The van der Waals surface area contributed by atoms with Crippen LogP contribution in [0.4, 0.5) is 0 Å². The van der Waals surface area contributed by atoms with Gasteiger partial charge in [-0.25, -0.2) is 0 Å². The van der Waals surface area contributed by atoms with Gasteiger partial charge in [0.05, 0.1) is 6.08 Å². The zero-order valence-electron chi connectivity index (χ0n) is 6.54. The van der Waals surface area contributed by atoms with Crippen molar-refractivity contribution < 1.29 is 9.85 Å². The minimum atomic E-state index is -2.28. The molecule has 0 aromatic rings. The molecule has 2 N–H and O–H groups in total. The van der Waals surface area contributed by atoms with Crippen molar-refractivity contribution in [3.05, 3.63) is 44.2 Å². The quantitative estimate of drug-likeness (QED) is 0.370. The maximum absolute atomic E-state index is 10.5. The summed E-state index contributed by atoms with van der Waals surface area (Å²) in [6, 6.07) is 0. The zero-order valence-corrected chi connectivity index (χ0v) is 6.54. The van der Waals surface area contributed by atoms with Crippen LogP contribution in [0.1, 0.15) is 6.42 Å². The molecule has 0 spiro atoms. The van der Waals surface area contributed by atoms with E-state index in [0.717, 1.165) is 6.08 Å². The molecule has 1 aliphatic carbocycles. The standard InChI is InChI=1S/C6H7N3O4/c7-5-2-1-3-6(4-5,8(10)11)9(12)13/h1-2,4H,3,7H2. The SMILES string of the molecule is NC1=CC([N+](=O)[O-])([N+](=O)[O-])CC=C1. The van der Waals surface area contributed by atoms with Crippen LogP contribution in [0.5, 0.6) is 0 Å². The van der Waals surface area contributed by atoms with Crippen molar-refractivity contribution in [1.29, 1.82) is 0 Å². The smallest absolute Gasteiger partial charge is 0.399 e. The van der Waals surface area contributed by atoms with E-state index >= 15 is 0 Å². The van der Waals surface area contributed by atoms with Gasteiger partial charge in [-0.1, -0.05) is 6.08 Å². The molecule has 7 heteroatoms. The fraction of sp³-hybridized carbons (Fsp3) is 0.333. The van der Waals surface area contributed by atoms with Crippen LogP contribution in [-0.2, 0) is 0 Å². The molecule has 0 heterocycles. The first-order valence-corrected chi connectivity index (χ1v) is 3.43. The summed E-state index contributed by atoms with van der Waals surface area (Å²) < 4.78 is 0. The summed E-state index contributed by atoms with van der Waals surface area (Å²) >= 11 is 0. The molecule has 0 amide bonds. The Labute approximate surface area is 72.8 Å². The van der Waals surface area contributed by atoms with E-state index < -0.39 is 15.5 Å². The summed E-state index contributed by atoms with van der Waals surface area (Å²) in [6.07, 6.45) is 3.31. The van der Waals surface area contributed by atoms with E-state index in [2.05, 4.69) is 0 Å². The molecule has 1 aliphatic rings. The number of rotatable bonds is 2. The van der Waals surface area contributed by atoms with E-state index in [-0.39, 0.29) is 12.1 Å².